The van der Waals surface area contributed by atoms with Crippen LogP contribution in [0.3, 0.4) is 0 Å². The van der Waals surface area contributed by atoms with Crippen molar-refractivity contribution in [2.75, 3.05) is 4.90 Å². The molecule has 43 heavy (non-hydrogen) atoms. The highest BCUT2D eigenvalue weighted by Crippen LogP contribution is 2.44. The number of aliphatic hydroxyl groups excluding tert-OH is 1. The summed E-state index contributed by atoms with van der Waals surface area (Å²) >= 11 is 8.92. The van der Waals surface area contributed by atoms with Crippen molar-refractivity contribution in [2.45, 2.75) is 22.7 Å². The van der Waals surface area contributed by atoms with Gasteiger partial charge in [-0.1, -0.05) is 95.4 Å². The molecule has 1 aliphatic rings. The maximum absolute atomic E-state index is 13.6. The van der Waals surface area contributed by atoms with Crippen LogP contribution in [-0.2, 0) is 21.9 Å². The number of anilines is 1. The zero-order chi connectivity index (χ0) is 29.8. The van der Waals surface area contributed by atoms with Gasteiger partial charge in [-0.15, -0.1) is 10.2 Å². The van der Waals surface area contributed by atoms with Crippen LogP contribution in [0.2, 0.25) is 5.02 Å². The van der Waals surface area contributed by atoms with E-state index in [4.69, 9.17) is 16.3 Å². The summed E-state index contributed by atoms with van der Waals surface area (Å²) in [4.78, 5) is 32.4. The molecular weight excluding hydrogens is 604 g/mol. The molecule has 0 aliphatic carbocycles. The fourth-order valence-corrected chi connectivity index (χ4v) is 6.79. The van der Waals surface area contributed by atoms with Gasteiger partial charge in [-0.2, -0.15) is 0 Å². The van der Waals surface area contributed by atoms with E-state index in [2.05, 4.69) is 15.2 Å². The van der Waals surface area contributed by atoms with E-state index in [-0.39, 0.29) is 16.5 Å². The van der Waals surface area contributed by atoms with Gasteiger partial charge in [-0.25, -0.2) is 0 Å². The van der Waals surface area contributed by atoms with Crippen LogP contribution < -0.4 is 9.64 Å². The molecule has 1 atom stereocenters. The Bertz CT molecular complexity index is 1810. The molecule has 5 aromatic rings. The van der Waals surface area contributed by atoms with Gasteiger partial charge >= 0.3 is 5.91 Å². The van der Waals surface area contributed by atoms with Crippen molar-refractivity contribution >= 4 is 57.3 Å². The number of Topliss-reactive ketones (excluding diaryl/α,β-unsaturated/α-hetero) is 1. The maximum atomic E-state index is 13.6. The summed E-state index contributed by atoms with van der Waals surface area (Å²) < 4.78 is 6.64. The van der Waals surface area contributed by atoms with E-state index in [0.29, 0.717) is 38.6 Å². The topological polar surface area (TPSA) is 106 Å². The first kappa shape index (κ1) is 28.6. The van der Waals surface area contributed by atoms with E-state index >= 15 is 0 Å². The Morgan fingerprint density at radius 2 is 1.72 bits per heavy atom. The molecule has 1 amide bonds. The molecule has 1 saturated heterocycles. The molecule has 0 spiro atoms. The second-order valence-electron chi connectivity index (χ2n) is 9.48. The molecule has 1 fully saturated rings. The van der Waals surface area contributed by atoms with Crippen molar-refractivity contribution in [3.63, 3.8) is 0 Å². The Labute approximate surface area is 260 Å². The number of amides is 1. The fraction of sp³-hybridized carbons (Fsp3) is 0.0938. The molecule has 11 heteroatoms. The highest BCUT2D eigenvalue weighted by atomic mass is 35.5. The third-order valence-electron chi connectivity index (χ3n) is 6.73. The molecular formula is C32H23ClN4O4S2. The first-order valence-corrected chi connectivity index (χ1v) is 15.4. The minimum Gasteiger partial charge on any atom is -0.507 e. The predicted molar refractivity (Wildman–Crippen MR) is 167 cm³/mol. The van der Waals surface area contributed by atoms with Gasteiger partial charge in [0.25, 0.3) is 5.78 Å². The van der Waals surface area contributed by atoms with Gasteiger partial charge < -0.3 is 9.84 Å². The highest BCUT2D eigenvalue weighted by Gasteiger charge is 2.48. The van der Waals surface area contributed by atoms with Crippen molar-refractivity contribution in [1.29, 1.82) is 0 Å². The second kappa shape index (κ2) is 12.8. The highest BCUT2D eigenvalue weighted by molar-refractivity contribution is 8.00. The first-order valence-electron chi connectivity index (χ1n) is 13.2. The third kappa shape index (κ3) is 6.17. The van der Waals surface area contributed by atoms with E-state index in [0.717, 1.165) is 11.1 Å². The number of ketones is 1. The Morgan fingerprint density at radius 1 is 0.953 bits per heavy atom. The molecule has 1 N–H and O–H groups in total. The quantitative estimate of drug-likeness (QED) is 0.0608. The number of carbonyl (C=O) groups excluding carboxylic acids is 2. The molecule has 0 radical (unpaired) electrons. The van der Waals surface area contributed by atoms with Crippen LogP contribution in [0, 0.1) is 0 Å². The summed E-state index contributed by atoms with van der Waals surface area (Å²) in [6, 6.07) is 26.6. The molecule has 6 rings (SSSR count). The lowest BCUT2D eigenvalue weighted by Crippen LogP contribution is -2.29. The van der Waals surface area contributed by atoms with Crippen LogP contribution in [0.1, 0.15) is 28.3 Å². The van der Waals surface area contributed by atoms with Crippen LogP contribution in [0.5, 0.6) is 5.75 Å². The number of thioether (sulfide) groups is 1. The van der Waals surface area contributed by atoms with Crippen molar-refractivity contribution < 1.29 is 19.4 Å². The zero-order valence-electron chi connectivity index (χ0n) is 22.5. The van der Waals surface area contributed by atoms with Crippen LogP contribution >= 0.6 is 34.7 Å². The number of carbonyl (C=O) groups is 2. The lowest BCUT2D eigenvalue weighted by molar-refractivity contribution is -0.132. The Morgan fingerprint density at radius 3 is 2.51 bits per heavy atom. The molecule has 0 bridgehead atoms. The molecule has 1 aliphatic heterocycles. The lowest BCUT2D eigenvalue weighted by Gasteiger charge is -2.23. The molecule has 1 unspecified atom stereocenters. The lowest BCUT2D eigenvalue weighted by atomic mass is 9.95. The van der Waals surface area contributed by atoms with Gasteiger partial charge in [0.2, 0.25) is 5.13 Å². The summed E-state index contributed by atoms with van der Waals surface area (Å²) in [5, 5.41) is 20.8. The van der Waals surface area contributed by atoms with Crippen LogP contribution in [0.15, 0.2) is 113 Å². The number of aromatic nitrogens is 3. The van der Waals surface area contributed by atoms with E-state index in [1.165, 1.54) is 40.4 Å². The van der Waals surface area contributed by atoms with Crippen LogP contribution in [-0.4, -0.2) is 32.0 Å². The average Bonchev–Trinajstić information content (AvgIpc) is 3.62. The Hall–Kier alpha value is -4.51. The van der Waals surface area contributed by atoms with E-state index in [9.17, 15) is 14.7 Å². The monoisotopic (exact) mass is 626 g/mol. The van der Waals surface area contributed by atoms with E-state index < -0.39 is 17.7 Å². The molecule has 2 aromatic heterocycles. The summed E-state index contributed by atoms with van der Waals surface area (Å²) in [5.41, 5.74) is 2.81. The van der Waals surface area contributed by atoms with Crippen molar-refractivity contribution in [2.24, 2.45) is 0 Å². The fourth-order valence-electron chi connectivity index (χ4n) is 4.64. The largest absolute Gasteiger partial charge is 0.507 e. The first-order chi connectivity index (χ1) is 21.0. The minimum atomic E-state index is -0.970. The Kier molecular flexibility index (Phi) is 8.50. The Balaban J connectivity index is 1.36. The average molecular weight is 627 g/mol. The number of ether oxygens (including phenoxy) is 1. The molecule has 214 valence electrons. The number of hydrogen-bond donors (Lipinski definition) is 1. The van der Waals surface area contributed by atoms with Gasteiger partial charge in [0.15, 0.2) is 4.34 Å². The normalized spacial score (nSPS) is 16.0. The number of halogens is 1. The summed E-state index contributed by atoms with van der Waals surface area (Å²) in [5.74, 6) is -0.837. The number of benzene rings is 3. The number of pyridine rings is 1. The maximum Gasteiger partial charge on any atom is 0.301 e. The van der Waals surface area contributed by atoms with Crippen LogP contribution in [0.25, 0.3) is 5.76 Å². The third-order valence-corrected chi connectivity index (χ3v) is 9.20. The van der Waals surface area contributed by atoms with Crippen LogP contribution in [0.4, 0.5) is 5.13 Å². The predicted octanol–water partition coefficient (Wildman–Crippen LogP) is 7.08. The van der Waals surface area contributed by atoms with E-state index in [1.54, 1.807) is 36.4 Å². The number of nitrogens with zero attached hydrogens (tertiary/aromatic N) is 4. The SMILES string of the molecule is O=C1C(=O)N(c2nnc(SCc3ccccc3Cl)s2)C(c2cccc(OCc3ccccc3)c2)C1=C(O)c1ccncc1. The van der Waals surface area contributed by atoms with Crippen molar-refractivity contribution in [3.05, 3.63) is 136 Å². The second-order valence-corrected chi connectivity index (χ2v) is 12.1. The smallest absolute Gasteiger partial charge is 0.301 e. The van der Waals surface area contributed by atoms with Gasteiger partial charge in [0.05, 0.1) is 11.6 Å². The molecule has 3 heterocycles. The van der Waals surface area contributed by atoms with Crippen molar-refractivity contribution in [1.82, 2.24) is 15.2 Å². The minimum absolute atomic E-state index is 0.0584. The number of hydrogen-bond acceptors (Lipinski definition) is 9. The summed E-state index contributed by atoms with van der Waals surface area (Å²) in [6.07, 6.45) is 3.01. The van der Waals surface area contributed by atoms with E-state index in [1.807, 2.05) is 54.6 Å². The molecule has 3 aromatic carbocycles. The summed E-state index contributed by atoms with van der Waals surface area (Å²) in [6.45, 7) is 0.337. The van der Waals surface area contributed by atoms with Gasteiger partial charge in [-0.3, -0.25) is 19.5 Å². The molecule has 8 nitrogen and oxygen atoms in total. The van der Waals surface area contributed by atoms with Gasteiger partial charge in [-0.05, 0) is 47.0 Å². The van der Waals surface area contributed by atoms with Crippen molar-refractivity contribution in [3.8, 4) is 5.75 Å². The standard InChI is InChI=1S/C32H23ClN4O4S2/c33-25-12-5-4-9-23(25)19-42-32-36-35-31(43-32)37-27(26(29(39)30(37)40)28(38)21-13-15-34-16-14-21)22-10-6-11-24(17-22)41-18-20-7-2-1-3-8-20/h1-17,27,38H,18-19H2. The zero-order valence-corrected chi connectivity index (χ0v) is 24.9. The number of aliphatic hydroxyl groups is 1. The summed E-state index contributed by atoms with van der Waals surface area (Å²) in [7, 11) is 0. The number of rotatable bonds is 9. The van der Waals surface area contributed by atoms with Gasteiger partial charge in [0, 0.05) is 28.7 Å². The molecule has 0 saturated carbocycles. The van der Waals surface area contributed by atoms with Gasteiger partial charge in [0.1, 0.15) is 18.1 Å².